The van der Waals surface area contributed by atoms with Crippen molar-refractivity contribution in [2.75, 3.05) is 13.1 Å². The minimum Gasteiger partial charge on any atom is -0.444 e. The highest BCUT2D eigenvalue weighted by atomic mass is 32.2. The summed E-state index contributed by atoms with van der Waals surface area (Å²) in [7, 11) is -3.93. The van der Waals surface area contributed by atoms with E-state index in [0.717, 1.165) is 9.88 Å². The third kappa shape index (κ3) is 5.20. The zero-order valence-electron chi connectivity index (χ0n) is 14.4. The zero-order chi connectivity index (χ0) is 18.8. The van der Waals surface area contributed by atoms with Gasteiger partial charge in [0.25, 0.3) is 5.91 Å². The molecule has 140 valence electrons. The first-order valence-corrected chi connectivity index (χ1v) is 9.30. The van der Waals surface area contributed by atoms with Gasteiger partial charge in [-0.1, -0.05) is 11.6 Å². The molecule has 0 radical (unpaired) electrons. The summed E-state index contributed by atoms with van der Waals surface area (Å²) >= 11 is 0. The van der Waals surface area contributed by atoms with Crippen molar-refractivity contribution in [1.29, 1.82) is 0 Å². The van der Waals surface area contributed by atoms with Gasteiger partial charge in [0.15, 0.2) is 0 Å². The number of aliphatic hydroxyl groups excluding tert-OH is 1. The molecule has 2 rings (SSSR count). The van der Waals surface area contributed by atoms with Gasteiger partial charge in [-0.25, -0.2) is 13.8 Å². The number of allylic oxidation sites excluding steroid dienone is 2. The minimum atomic E-state index is -3.93. The largest absolute Gasteiger partial charge is 0.444 e. The van der Waals surface area contributed by atoms with E-state index in [1.807, 2.05) is 4.72 Å². The number of amides is 2. The lowest BCUT2D eigenvalue weighted by Gasteiger charge is -2.26. The first kappa shape index (κ1) is 19.3. The van der Waals surface area contributed by atoms with Crippen molar-refractivity contribution in [3.8, 4) is 0 Å². The summed E-state index contributed by atoms with van der Waals surface area (Å²) in [6.07, 6.45) is 2.33. The van der Waals surface area contributed by atoms with Crippen molar-refractivity contribution in [3.63, 3.8) is 0 Å². The molecular formula is C15H23N3O6S. The Morgan fingerprint density at radius 2 is 2.12 bits per heavy atom. The molecule has 25 heavy (non-hydrogen) atoms. The second-order valence-electron chi connectivity index (χ2n) is 6.85. The van der Waals surface area contributed by atoms with Gasteiger partial charge in [-0.3, -0.25) is 4.79 Å². The first-order valence-electron chi connectivity index (χ1n) is 7.86. The van der Waals surface area contributed by atoms with E-state index in [9.17, 15) is 23.1 Å². The number of rotatable bonds is 4. The van der Waals surface area contributed by atoms with Crippen LogP contribution < -0.4 is 10.0 Å². The average molecular weight is 373 g/mol. The number of carbonyl (C=O) groups excluding carboxylic acids is 2. The Balaban J connectivity index is 1.93. The van der Waals surface area contributed by atoms with E-state index in [-0.39, 0.29) is 18.7 Å². The highest BCUT2D eigenvalue weighted by Crippen LogP contribution is 2.26. The maximum Gasteiger partial charge on any atom is 0.407 e. The predicted molar refractivity (Wildman–Crippen MR) is 89.4 cm³/mol. The minimum absolute atomic E-state index is 0.155. The van der Waals surface area contributed by atoms with Crippen LogP contribution in [0.25, 0.3) is 0 Å². The van der Waals surface area contributed by atoms with Crippen molar-refractivity contribution in [3.05, 3.63) is 23.4 Å². The Morgan fingerprint density at radius 1 is 1.44 bits per heavy atom. The number of hydrogen-bond acceptors (Lipinski definition) is 6. The van der Waals surface area contributed by atoms with Gasteiger partial charge in [-0.2, -0.15) is 8.42 Å². The number of aliphatic hydroxyl groups is 1. The lowest BCUT2D eigenvalue weighted by Crippen LogP contribution is -2.35. The van der Waals surface area contributed by atoms with Crippen LogP contribution in [0.5, 0.6) is 0 Å². The Kier molecular flexibility index (Phi) is 5.43. The predicted octanol–water partition coefficient (Wildman–Crippen LogP) is 0.153. The lowest BCUT2D eigenvalue weighted by molar-refractivity contribution is -0.118. The molecule has 2 amide bonds. The summed E-state index contributed by atoms with van der Waals surface area (Å²) in [5.41, 5.74) is 0.430. The molecule has 0 spiro atoms. The molecule has 1 unspecified atom stereocenters. The molecule has 1 saturated heterocycles. The topological polar surface area (TPSA) is 125 Å². The molecule has 1 aliphatic heterocycles. The van der Waals surface area contributed by atoms with Crippen molar-refractivity contribution in [1.82, 2.24) is 14.3 Å². The fraction of sp³-hybridized carbons (Fsp3) is 0.600. The first-order chi connectivity index (χ1) is 11.5. The summed E-state index contributed by atoms with van der Waals surface area (Å²) < 4.78 is 31.5. The molecule has 1 fully saturated rings. The molecule has 10 heteroatoms. The number of ether oxygens (including phenoxy) is 1. The van der Waals surface area contributed by atoms with E-state index in [2.05, 4.69) is 5.32 Å². The van der Waals surface area contributed by atoms with Gasteiger partial charge in [0, 0.05) is 13.0 Å². The summed E-state index contributed by atoms with van der Waals surface area (Å²) in [4.78, 5) is 22.8. The molecule has 0 bridgehead atoms. The van der Waals surface area contributed by atoms with E-state index >= 15 is 0 Å². The van der Waals surface area contributed by atoms with Crippen LogP contribution in [-0.2, 0) is 19.7 Å². The van der Waals surface area contributed by atoms with Crippen LogP contribution in [0, 0.1) is 0 Å². The molecule has 1 aliphatic carbocycles. The molecule has 0 aromatic heterocycles. The number of alkyl carbamates (subject to hydrolysis) is 1. The van der Waals surface area contributed by atoms with E-state index < -0.39 is 33.9 Å². The van der Waals surface area contributed by atoms with E-state index in [0.29, 0.717) is 13.0 Å². The van der Waals surface area contributed by atoms with Crippen molar-refractivity contribution in [2.45, 2.75) is 45.3 Å². The number of carbonyl (C=O) groups is 2. The monoisotopic (exact) mass is 373 g/mol. The number of hydrogen-bond donors (Lipinski definition) is 3. The molecule has 9 nitrogen and oxygen atoms in total. The molecule has 0 aromatic carbocycles. The van der Waals surface area contributed by atoms with Gasteiger partial charge in [0.2, 0.25) is 0 Å². The van der Waals surface area contributed by atoms with Gasteiger partial charge < -0.3 is 15.2 Å². The maximum atomic E-state index is 11.8. The summed E-state index contributed by atoms with van der Waals surface area (Å²) in [5, 5.41) is 12.8. The highest BCUT2D eigenvalue weighted by Gasteiger charge is 2.38. The van der Waals surface area contributed by atoms with Gasteiger partial charge in [0.05, 0.1) is 11.8 Å². The lowest BCUT2D eigenvalue weighted by atomic mass is 9.97. The third-order valence-electron chi connectivity index (χ3n) is 3.51. The average Bonchev–Trinajstić information content (AvgIpc) is 2.69. The Hall–Kier alpha value is -2.07. The fourth-order valence-corrected chi connectivity index (χ4v) is 3.70. The Morgan fingerprint density at radius 3 is 2.64 bits per heavy atom. The fourth-order valence-electron chi connectivity index (χ4n) is 2.49. The normalized spacial score (nSPS) is 22.8. The van der Waals surface area contributed by atoms with Gasteiger partial charge in [-0.15, -0.1) is 0 Å². The number of nitrogens with zero attached hydrogens (tertiary/aromatic N) is 1. The summed E-state index contributed by atoms with van der Waals surface area (Å²) in [6, 6.07) is 0. The second-order valence-corrected chi connectivity index (χ2v) is 8.45. The highest BCUT2D eigenvalue weighted by molar-refractivity contribution is 7.88. The second kappa shape index (κ2) is 7.04. The van der Waals surface area contributed by atoms with E-state index in [4.69, 9.17) is 4.74 Å². The van der Waals surface area contributed by atoms with Crippen LogP contribution in [0.2, 0.25) is 0 Å². The zero-order valence-corrected chi connectivity index (χ0v) is 15.2. The summed E-state index contributed by atoms with van der Waals surface area (Å²) in [6.45, 7) is 5.30. The van der Waals surface area contributed by atoms with Gasteiger partial charge in [0.1, 0.15) is 12.1 Å². The van der Waals surface area contributed by atoms with Crippen LogP contribution in [0.15, 0.2) is 23.4 Å². The van der Waals surface area contributed by atoms with Crippen LogP contribution in [-0.4, -0.2) is 54.6 Å². The summed E-state index contributed by atoms with van der Waals surface area (Å²) in [5.74, 6) is -0.635. The van der Waals surface area contributed by atoms with Gasteiger partial charge >= 0.3 is 16.3 Å². The van der Waals surface area contributed by atoms with Gasteiger partial charge in [-0.05, 0) is 33.3 Å². The third-order valence-corrected chi connectivity index (χ3v) is 4.92. The quantitative estimate of drug-likeness (QED) is 0.644. The Bertz CT molecular complexity index is 720. The SMILES string of the molecule is CC(C)(C)OC(=O)NCCC1=CC=C(N2CC(=O)NS2(=O)=O)C(O)C1. The molecule has 1 heterocycles. The van der Waals surface area contributed by atoms with Crippen LogP contribution in [0.1, 0.15) is 33.6 Å². The maximum absolute atomic E-state index is 11.8. The van der Waals surface area contributed by atoms with Crippen LogP contribution in [0.4, 0.5) is 4.79 Å². The Labute approximate surface area is 146 Å². The molecule has 0 saturated carbocycles. The molecule has 3 N–H and O–H groups in total. The van der Waals surface area contributed by atoms with Crippen LogP contribution in [0.3, 0.4) is 0 Å². The molecule has 2 aliphatic rings. The van der Waals surface area contributed by atoms with E-state index in [1.165, 1.54) is 6.08 Å². The van der Waals surface area contributed by atoms with Crippen molar-refractivity contribution < 1.29 is 27.9 Å². The number of nitrogens with one attached hydrogen (secondary N) is 2. The smallest absolute Gasteiger partial charge is 0.407 e. The van der Waals surface area contributed by atoms with Crippen LogP contribution >= 0.6 is 0 Å². The van der Waals surface area contributed by atoms with Crippen molar-refractivity contribution >= 4 is 22.2 Å². The molecular weight excluding hydrogens is 350 g/mol. The molecule has 1 atom stereocenters. The standard InChI is InChI=1S/C15H23N3O6S/c1-15(2,3)24-14(21)16-7-6-10-4-5-11(12(19)8-10)18-9-13(20)17-25(18,22)23/h4-5,12,19H,6-9H2,1-3H3,(H,16,21)(H,17,20). The molecule has 0 aromatic rings. The van der Waals surface area contributed by atoms with E-state index in [1.54, 1.807) is 26.8 Å². The van der Waals surface area contributed by atoms with Crippen molar-refractivity contribution in [2.24, 2.45) is 0 Å².